The molecule has 2 atom stereocenters. The van der Waals surface area contributed by atoms with Gasteiger partial charge in [0.1, 0.15) is 11.7 Å². The molecule has 0 aliphatic carbocycles. The van der Waals surface area contributed by atoms with Gasteiger partial charge >= 0.3 is 0 Å². The van der Waals surface area contributed by atoms with Gasteiger partial charge < -0.3 is 16.2 Å². The zero-order valence-electron chi connectivity index (χ0n) is 21.1. The molecule has 2 unspecified atom stereocenters. The number of hydrogen-bond acceptors (Lipinski definition) is 3. The molecule has 0 aromatic heterocycles. The summed E-state index contributed by atoms with van der Waals surface area (Å²) in [5, 5.41) is 21.2. The summed E-state index contributed by atoms with van der Waals surface area (Å²) in [4.78, 5) is 13.3. The third kappa shape index (κ3) is 6.93. The maximum Gasteiger partial charge on any atom is 0.251 e. The highest BCUT2D eigenvalue weighted by Crippen LogP contribution is 2.23. The van der Waals surface area contributed by atoms with Crippen LogP contribution in [0.3, 0.4) is 0 Å². The number of hydrogen-bond donors (Lipinski definition) is 4. The van der Waals surface area contributed by atoms with E-state index in [1.165, 1.54) is 6.07 Å². The van der Waals surface area contributed by atoms with Crippen molar-refractivity contribution in [2.45, 2.75) is 25.3 Å². The number of nitrogen functional groups attached to an aromatic ring is 1. The van der Waals surface area contributed by atoms with E-state index in [0.717, 1.165) is 17.5 Å². The van der Waals surface area contributed by atoms with Crippen LogP contribution in [0, 0.1) is 17.1 Å². The Hall–Kier alpha value is -4.29. The molecular weight excluding hydrogens is 477 g/mol. The Labute approximate surface area is 222 Å². The summed E-state index contributed by atoms with van der Waals surface area (Å²) < 4.78 is 14.2. The van der Waals surface area contributed by atoms with Crippen molar-refractivity contribution >= 4 is 11.7 Å². The van der Waals surface area contributed by atoms with Gasteiger partial charge in [0, 0.05) is 35.3 Å². The van der Waals surface area contributed by atoms with Crippen LogP contribution < -0.4 is 11.1 Å². The van der Waals surface area contributed by atoms with E-state index in [1.54, 1.807) is 48.5 Å². The number of amidine groups is 1. The molecule has 194 valence electrons. The van der Waals surface area contributed by atoms with E-state index < -0.39 is 0 Å². The van der Waals surface area contributed by atoms with Crippen LogP contribution in [0.5, 0.6) is 0 Å². The average Bonchev–Trinajstić information content (AvgIpc) is 2.95. The van der Waals surface area contributed by atoms with Crippen molar-refractivity contribution in [3.8, 4) is 11.1 Å². The van der Waals surface area contributed by atoms with Crippen molar-refractivity contribution in [2.75, 3.05) is 6.61 Å². The van der Waals surface area contributed by atoms with E-state index in [0.29, 0.717) is 35.1 Å². The Balaban J connectivity index is 1.53. The van der Waals surface area contributed by atoms with Crippen LogP contribution in [0.2, 0.25) is 0 Å². The second kappa shape index (κ2) is 12.8. The highest BCUT2D eigenvalue weighted by atomic mass is 19.1. The molecule has 0 saturated heterocycles. The second-order valence-corrected chi connectivity index (χ2v) is 9.42. The summed E-state index contributed by atoms with van der Waals surface area (Å²) in [5.74, 6) is -0.827. The molecule has 5 N–H and O–H groups in total. The number of halogens is 1. The number of carbonyl (C=O) groups excluding carboxylic acids is 1. The van der Waals surface area contributed by atoms with Crippen LogP contribution in [0.1, 0.15) is 33.5 Å². The Bertz CT molecular complexity index is 1370. The van der Waals surface area contributed by atoms with Crippen molar-refractivity contribution in [3.05, 3.63) is 131 Å². The van der Waals surface area contributed by atoms with Gasteiger partial charge in [-0.3, -0.25) is 10.2 Å². The van der Waals surface area contributed by atoms with Gasteiger partial charge in [-0.25, -0.2) is 4.39 Å². The first-order valence-corrected chi connectivity index (χ1v) is 12.7. The lowest BCUT2D eigenvalue weighted by Gasteiger charge is -2.27. The number of aryl methyl sites for hydroxylation is 1. The lowest BCUT2D eigenvalue weighted by molar-refractivity contribution is 0.0898. The van der Waals surface area contributed by atoms with Crippen molar-refractivity contribution in [2.24, 2.45) is 11.7 Å². The maximum absolute atomic E-state index is 14.2. The highest BCUT2D eigenvalue weighted by molar-refractivity contribution is 5.95. The molecule has 4 aromatic carbocycles. The Morgan fingerprint density at radius 3 is 2.24 bits per heavy atom. The number of benzene rings is 4. The fourth-order valence-corrected chi connectivity index (χ4v) is 4.64. The smallest absolute Gasteiger partial charge is 0.251 e. The average molecular weight is 510 g/mol. The lowest BCUT2D eigenvalue weighted by Crippen LogP contribution is -2.43. The first-order chi connectivity index (χ1) is 18.4. The molecule has 4 rings (SSSR count). The molecule has 0 heterocycles. The Kier molecular flexibility index (Phi) is 9.01. The largest absolute Gasteiger partial charge is 0.396 e. The van der Waals surface area contributed by atoms with Gasteiger partial charge in [0.2, 0.25) is 0 Å². The van der Waals surface area contributed by atoms with Crippen LogP contribution in [-0.2, 0) is 12.8 Å². The van der Waals surface area contributed by atoms with Crippen molar-refractivity contribution in [1.82, 2.24) is 5.32 Å². The van der Waals surface area contributed by atoms with E-state index in [2.05, 4.69) is 5.32 Å². The summed E-state index contributed by atoms with van der Waals surface area (Å²) >= 11 is 0. The normalized spacial score (nSPS) is 12.5. The molecule has 0 bridgehead atoms. The van der Waals surface area contributed by atoms with Crippen molar-refractivity contribution < 1.29 is 14.3 Å². The minimum absolute atomic E-state index is 0.0137. The predicted molar refractivity (Wildman–Crippen MR) is 150 cm³/mol. The fourth-order valence-electron chi connectivity index (χ4n) is 4.64. The molecule has 38 heavy (non-hydrogen) atoms. The van der Waals surface area contributed by atoms with Gasteiger partial charge in [-0.15, -0.1) is 0 Å². The van der Waals surface area contributed by atoms with Crippen LogP contribution in [0.4, 0.5) is 4.39 Å². The van der Waals surface area contributed by atoms with Gasteiger partial charge in [-0.1, -0.05) is 78.9 Å². The monoisotopic (exact) mass is 509 g/mol. The maximum atomic E-state index is 14.2. The second-order valence-electron chi connectivity index (χ2n) is 9.42. The van der Waals surface area contributed by atoms with Gasteiger partial charge in [0.15, 0.2) is 0 Å². The molecule has 1 amide bonds. The SMILES string of the molecule is N=C(N)c1cccc(CC(CO)C(CCc2ccccc2)NC(=O)c2ccc(-c3ccccc3F)cc2)c1. The van der Waals surface area contributed by atoms with Gasteiger partial charge in [-0.05, 0) is 60.2 Å². The van der Waals surface area contributed by atoms with E-state index in [1.807, 2.05) is 48.5 Å². The summed E-state index contributed by atoms with van der Waals surface area (Å²) in [6.45, 7) is -0.115. The highest BCUT2D eigenvalue weighted by Gasteiger charge is 2.24. The van der Waals surface area contributed by atoms with Gasteiger partial charge in [-0.2, -0.15) is 0 Å². The molecule has 0 aliphatic heterocycles. The number of amides is 1. The van der Waals surface area contributed by atoms with Crippen LogP contribution in [0.25, 0.3) is 11.1 Å². The zero-order valence-corrected chi connectivity index (χ0v) is 21.1. The molecule has 0 spiro atoms. The third-order valence-corrected chi connectivity index (χ3v) is 6.77. The van der Waals surface area contributed by atoms with Gasteiger partial charge in [0.05, 0.1) is 0 Å². The van der Waals surface area contributed by atoms with E-state index >= 15 is 0 Å². The first-order valence-electron chi connectivity index (χ1n) is 12.7. The summed E-state index contributed by atoms with van der Waals surface area (Å²) in [5.41, 5.74) is 10.0. The topological polar surface area (TPSA) is 99.2 Å². The van der Waals surface area contributed by atoms with E-state index in [9.17, 15) is 14.3 Å². The molecule has 0 radical (unpaired) electrons. The fraction of sp³-hybridized carbons (Fsp3) is 0.188. The molecule has 0 saturated carbocycles. The summed E-state index contributed by atoms with van der Waals surface area (Å²) in [7, 11) is 0. The number of aliphatic hydroxyl groups is 1. The van der Waals surface area contributed by atoms with Crippen LogP contribution >= 0.6 is 0 Å². The zero-order chi connectivity index (χ0) is 26.9. The number of aliphatic hydroxyl groups excluding tert-OH is 1. The quantitative estimate of drug-likeness (QED) is 0.162. The standard InChI is InChI=1S/C32H32FN3O2/c33-29-12-5-4-11-28(29)24-14-16-25(17-15-24)32(38)36-30(18-13-22-7-2-1-3-8-22)27(21-37)20-23-9-6-10-26(19-23)31(34)35/h1-12,14-17,19,27,30,37H,13,18,20-21H2,(H3,34,35)(H,36,38). The lowest BCUT2D eigenvalue weighted by atomic mass is 9.88. The van der Waals surface area contributed by atoms with E-state index in [-0.39, 0.29) is 36.1 Å². The summed E-state index contributed by atoms with van der Waals surface area (Å²) in [6.07, 6.45) is 1.90. The van der Waals surface area contributed by atoms with Crippen molar-refractivity contribution in [1.29, 1.82) is 5.41 Å². The predicted octanol–water partition coefficient (Wildman–Crippen LogP) is 5.36. The molecule has 4 aromatic rings. The number of carbonyl (C=O) groups is 1. The van der Waals surface area contributed by atoms with Crippen LogP contribution in [0.15, 0.2) is 103 Å². The molecular formula is C32H32FN3O2. The Morgan fingerprint density at radius 1 is 0.868 bits per heavy atom. The van der Waals surface area contributed by atoms with Crippen LogP contribution in [-0.4, -0.2) is 29.5 Å². The number of nitrogens with two attached hydrogens (primary N) is 1. The Morgan fingerprint density at radius 2 is 1.55 bits per heavy atom. The minimum Gasteiger partial charge on any atom is -0.396 e. The molecule has 5 nitrogen and oxygen atoms in total. The minimum atomic E-state index is -0.315. The molecule has 6 heteroatoms. The van der Waals surface area contributed by atoms with E-state index in [4.69, 9.17) is 11.1 Å². The third-order valence-electron chi connectivity index (χ3n) is 6.77. The summed E-state index contributed by atoms with van der Waals surface area (Å²) in [6, 6.07) is 30.5. The van der Waals surface area contributed by atoms with Crippen molar-refractivity contribution in [3.63, 3.8) is 0 Å². The number of rotatable bonds is 11. The number of nitrogens with one attached hydrogen (secondary N) is 2. The first kappa shape index (κ1) is 26.8. The molecule has 0 aliphatic rings. The molecule has 0 fully saturated rings. The van der Waals surface area contributed by atoms with Gasteiger partial charge in [0.25, 0.3) is 5.91 Å².